The molecule has 0 saturated carbocycles. The summed E-state index contributed by atoms with van der Waals surface area (Å²) in [6.45, 7) is 0.369. The Morgan fingerprint density at radius 3 is 2.50 bits per heavy atom. The maximum Gasteiger partial charge on any atom is 0.264 e. The van der Waals surface area contributed by atoms with Gasteiger partial charge in [0.2, 0.25) is 0 Å². The summed E-state index contributed by atoms with van der Waals surface area (Å²) in [5, 5.41) is 3.56. The Labute approximate surface area is 210 Å². The van der Waals surface area contributed by atoms with E-state index in [1.54, 1.807) is 24.3 Å². The minimum Gasteiger partial charge on any atom is -0.486 e. The third kappa shape index (κ3) is 5.81. The van der Waals surface area contributed by atoms with Gasteiger partial charge in [-0.15, -0.1) is 0 Å². The van der Waals surface area contributed by atoms with E-state index in [1.165, 1.54) is 23.9 Å². The van der Waals surface area contributed by atoms with Gasteiger partial charge in [0.1, 0.15) is 12.4 Å². The van der Waals surface area contributed by atoms with Crippen molar-refractivity contribution in [1.82, 2.24) is 5.32 Å². The quantitative estimate of drug-likeness (QED) is 0.311. The summed E-state index contributed by atoms with van der Waals surface area (Å²) < 4.78 is 20.6. The molecule has 32 heavy (non-hydrogen) atoms. The van der Waals surface area contributed by atoms with Crippen LogP contribution in [0.25, 0.3) is 6.08 Å². The van der Waals surface area contributed by atoms with E-state index >= 15 is 0 Å². The zero-order valence-corrected chi connectivity index (χ0v) is 21.0. The molecule has 1 N–H and O–H groups in total. The van der Waals surface area contributed by atoms with Crippen LogP contribution in [0.2, 0.25) is 5.02 Å². The molecule has 0 atom stereocenters. The van der Waals surface area contributed by atoms with E-state index in [2.05, 4.69) is 42.2 Å². The topological polar surface area (TPSA) is 50.7 Å². The lowest BCUT2D eigenvalue weighted by Gasteiger charge is -2.11. The molecule has 1 aliphatic heterocycles. The van der Waals surface area contributed by atoms with Crippen molar-refractivity contribution >= 4 is 78.1 Å². The number of nitrogens with one attached hydrogen (secondary N) is 1. The second kappa shape index (κ2) is 10.2. The zero-order valence-electron chi connectivity index (χ0n) is 16.2. The lowest BCUT2D eigenvalue weighted by molar-refractivity contribution is -0.115. The van der Waals surface area contributed by atoms with Crippen LogP contribution in [-0.2, 0) is 11.4 Å². The SMILES string of the molecule is O=C1NC(=Nc2ccc(F)cc2)S/C1=C/c1cc(Cl)c(OCc2ccc(Br)cc2)c(Br)c1. The molecule has 0 aromatic heterocycles. The van der Waals surface area contributed by atoms with Crippen LogP contribution in [-0.4, -0.2) is 11.1 Å². The second-order valence-corrected chi connectivity index (χ2v) is 9.89. The monoisotopic (exact) mass is 594 g/mol. The van der Waals surface area contributed by atoms with Crippen molar-refractivity contribution in [3.8, 4) is 5.75 Å². The van der Waals surface area contributed by atoms with E-state index in [1.807, 2.05) is 30.3 Å². The highest BCUT2D eigenvalue weighted by atomic mass is 79.9. The lowest BCUT2D eigenvalue weighted by Crippen LogP contribution is -2.19. The van der Waals surface area contributed by atoms with Crippen molar-refractivity contribution in [2.24, 2.45) is 4.99 Å². The lowest BCUT2D eigenvalue weighted by atomic mass is 10.2. The van der Waals surface area contributed by atoms with E-state index in [9.17, 15) is 9.18 Å². The number of carbonyl (C=O) groups is 1. The van der Waals surface area contributed by atoms with Gasteiger partial charge in [-0.3, -0.25) is 4.79 Å². The zero-order chi connectivity index (χ0) is 22.7. The highest BCUT2D eigenvalue weighted by Gasteiger charge is 2.24. The average Bonchev–Trinajstić information content (AvgIpc) is 3.09. The summed E-state index contributed by atoms with van der Waals surface area (Å²) in [4.78, 5) is 17.1. The van der Waals surface area contributed by atoms with E-state index < -0.39 is 0 Å². The number of aliphatic imine (C=N–C) groups is 1. The molecule has 4 nitrogen and oxygen atoms in total. The molecule has 3 aromatic rings. The molecule has 4 rings (SSSR count). The Hall–Kier alpha value is -2.13. The van der Waals surface area contributed by atoms with E-state index in [0.29, 0.717) is 37.6 Å². The Morgan fingerprint density at radius 1 is 1.09 bits per heavy atom. The van der Waals surface area contributed by atoms with Gasteiger partial charge in [-0.1, -0.05) is 39.7 Å². The Balaban J connectivity index is 1.49. The minimum absolute atomic E-state index is 0.265. The molecule has 0 unspecified atom stereocenters. The van der Waals surface area contributed by atoms with E-state index in [-0.39, 0.29) is 11.7 Å². The van der Waals surface area contributed by atoms with Crippen molar-refractivity contribution in [2.75, 3.05) is 0 Å². The van der Waals surface area contributed by atoms with Crippen LogP contribution in [0, 0.1) is 5.82 Å². The maximum absolute atomic E-state index is 13.1. The molecule has 1 heterocycles. The Kier molecular flexibility index (Phi) is 7.35. The minimum atomic E-state index is -0.343. The van der Waals surface area contributed by atoms with Gasteiger partial charge >= 0.3 is 0 Å². The first kappa shape index (κ1) is 23.0. The van der Waals surface area contributed by atoms with Gasteiger partial charge < -0.3 is 10.1 Å². The number of hydrogen-bond donors (Lipinski definition) is 1. The summed E-state index contributed by atoms with van der Waals surface area (Å²) in [6, 6.07) is 17.1. The molecule has 0 spiro atoms. The number of rotatable bonds is 5. The van der Waals surface area contributed by atoms with Gasteiger partial charge in [0.05, 0.1) is 20.1 Å². The van der Waals surface area contributed by atoms with Gasteiger partial charge in [0.15, 0.2) is 10.9 Å². The largest absolute Gasteiger partial charge is 0.486 e. The number of thioether (sulfide) groups is 1. The van der Waals surface area contributed by atoms with Gasteiger partial charge in [0.25, 0.3) is 5.91 Å². The van der Waals surface area contributed by atoms with Crippen molar-refractivity contribution in [3.63, 3.8) is 0 Å². The number of amides is 1. The number of ether oxygens (including phenoxy) is 1. The fourth-order valence-electron chi connectivity index (χ4n) is 2.80. The predicted molar refractivity (Wildman–Crippen MR) is 135 cm³/mol. The molecular formula is C23H14Br2ClFN2O2S. The molecule has 1 amide bonds. The summed E-state index contributed by atoms with van der Waals surface area (Å²) >= 11 is 14.6. The van der Waals surface area contributed by atoms with Crippen LogP contribution in [0.4, 0.5) is 10.1 Å². The number of nitrogens with zero attached hydrogens (tertiary/aromatic N) is 1. The maximum atomic E-state index is 13.1. The van der Waals surface area contributed by atoms with Crippen LogP contribution in [0.15, 0.2) is 79.5 Å². The number of amidine groups is 1. The molecule has 1 saturated heterocycles. The molecule has 0 aliphatic carbocycles. The third-order valence-corrected chi connectivity index (χ3v) is 6.63. The molecule has 0 bridgehead atoms. The molecule has 162 valence electrons. The summed E-state index contributed by atoms with van der Waals surface area (Å²) in [7, 11) is 0. The first-order valence-corrected chi connectivity index (χ1v) is 12.1. The second-order valence-electron chi connectivity index (χ2n) is 6.69. The van der Waals surface area contributed by atoms with Crippen molar-refractivity contribution in [3.05, 3.63) is 96.5 Å². The molecule has 0 radical (unpaired) electrons. The van der Waals surface area contributed by atoms with E-state index in [0.717, 1.165) is 15.6 Å². The summed E-state index contributed by atoms with van der Waals surface area (Å²) in [5.74, 6) is -0.0816. The Morgan fingerprint density at radius 2 is 1.81 bits per heavy atom. The number of hydrogen-bond acceptors (Lipinski definition) is 4. The smallest absolute Gasteiger partial charge is 0.264 e. The van der Waals surface area contributed by atoms with Gasteiger partial charge in [-0.2, -0.15) is 0 Å². The number of benzene rings is 3. The fourth-order valence-corrected chi connectivity index (χ4v) is 4.90. The molecular weight excluding hydrogens is 583 g/mol. The van der Waals surface area contributed by atoms with Crippen molar-refractivity contribution in [1.29, 1.82) is 0 Å². The molecule has 9 heteroatoms. The Bertz CT molecular complexity index is 1210. The van der Waals surface area contributed by atoms with Gasteiger partial charge in [-0.05, 0) is 93.4 Å². The molecule has 3 aromatic carbocycles. The van der Waals surface area contributed by atoms with Crippen LogP contribution >= 0.6 is 55.2 Å². The molecule has 1 fully saturated rings. The molecule has 1 aliphatic rings. The summed E-state index contributed by atoms with van der Waals surface area (Å²) in [5.41, 5.74) is 2.29. The highest BCUT2D eigenvalue weighted by Crippen LogP contribution is 2.37. The van der Waals surface area contributed by atoms with E-state index in [4.69, 9.17) is 16.3 Å². The average molecular weight is 597 g/mol. The first-order chi connectivity index (χ1) is 15.4. The third-order valence-electron chi connectivity index (χ3n) is 4.32. The fraction of sp³-hybridized carbons (Fsp3) is 0.0435. The van der Waals surface area contributed by atoms with Gasteiger partial charge in [0, 0.05) is 4.47 Å². The number of carbonyl (C=O) groups excluding carboxylic acids is 1. The standard InChI is InChI=1S/C23H14Br2ClFN2O2S/c24-15-3-1-13(2-4-15)12-31-21-18(25)9-14(10-19(21)26)11-20-22(30)29-23(32-20)28-17-7-5-16(27)6-8-17/h1-11H,12H2,(H,28,29,30)/b20-11+. The van der Waals surface area contributed by atoms with Crippen LogP contribution in [0.5, 0.6) is 5.75 Å². The number of halogens is 4. The van der Waals surface area contributed by atoms with Gasteiger partial charge in [-0.25, -0.2) is 9.38 Å². The van der Waals surface area contributed by atoms with Crippen LogP contribution < -0.4 is 10.1 Å². The first-order valence-electron chi connectivity index (χ1n) is 9.29. The van der Waals surface area contributed by atoms with Crippen molar-refractivity contribution < 1.29 is 13.9 Å². The highest BCUT2D eigenvalue weighted by molar-refractivity contribution is 9.10. The van der Waals surface area contributed by atoms with Crippen LogP contribution in [0.3, 0.4) is 0 Å². The summed E-state index contributed by atoms with van der Waals surface area (Å²) in [6.07, 6.45) is 1.72. The normalized spacial score (nSPS) is 15.9. The van der Waals surface area contributed by atoms with Crippen molar-refractivity contribution in [2.45, 2.75) is 6.61 Å². The van der Waals surface area contributed by atoms with Crippen LogP contribution in [0.1, 0.15) is 11.1 Å². The predicted octanol–water partition coefficient (Wildman–Crippen LogP) is 7.47.